The molecule has 13 heteroatoms. The van der Waals surface area contributed by atoms with Crippen LogP contribution < -0.4 is 20.7 Å². The number of benzene rings is 3. The van der Waals surface area contributed by atoms with Gasteiger partial charge in [-0.25, -0.2) is 9.78 Å². The Balaban J connectivity index is 1.00. The van der Waals surface area contributed by atoms with Gasteiger partial charge in [-0.2, -0.15) is 0 Å². The number of nitrogens with zero attached hydrogens (tertiary/aromatic N) is 4. The molecule has 5 amide bonds. The molecule has 2 aliphatic heterocycles. The van der Waals surface area contributed by atoms with Crippen LogP contribution in [-0.2, 0) is 21.5 Å². The lowest BCUT2D eigenvalue weighted by atomic mass is 9.93. The maximum absolute atomic E-state index is 13.0. The molecule has 2 aliphatic rings. The molecule has 238 valence electrons. The van der Waals surface area contributed by atoms with Crippen molar-refractivity contribution in [2.75, 3.05) is 10.6 Å². The van der Waals surface area contributed by atoms with E-state index >= 15 is 0 Å². The zero-order chi connectivity index (χ0) is 32.9. The molecule has 1 atom stereocenters. The Morgan fingerprint density at radius 3 is 2.49 bits per heavy atom. The maximum atomic E-state index is 13.0. The second-order valence-electron chi connectivity index (χ2n) is 12.5. The number of ether oxygens (including phenoxy) is 1. The average Bonchev–Trinajstić information content (AvgIpc) is 3.75. The van der Waals surface area contributed by atoms with Gasteiger partial charge in [0, 0.05) is 47.5 Å². The van der Waals surface area contributed by atoms with Crippen molar-refractivity contribution in [1.82, 2.24) is 24.9 Å². The lowest BCUT2D eigenvalue weighted by Crippen LogP contribution is -2.52. The number of carbonyl (C=O) groups is 4. The molecule has 2 aromatic heterocycles. The third kappa shape index (κ3) is 5.90. The highest BCUT2D eigenvalue weighted by molar-refractivity contribution is 6.05. The molecule has 7 rings (SSSR count). The molecule has 0 aliphatic carbocycles. The van der Waals surface area contributed by atoms with Crippen molar-refractivity contribution in [2.45, 2.75) is 51.6 Å². The summed E-state index contributed by atoms with van der Waals surface area (Å²) < 4.78 is 13.4. The Kier molecular flexibility index (Phi) is 7.23. The molecular weight excluding hydrogens is 602 g/mol. The molecule has 0 bridgehead atoms. The summed E-state index contributed by atoms with van der Waals surface area (Å²) in [7, 11) is 0. The van der Waals surface area contributed by atoms with Crippen molar-refractivity contribution < 1.29 is 28.4 Å². The van der Waals surface area contributed by atoms with Gasteiger partial charge in [0.25, 0.3) is 5.91 Å². The highest BCUT2D eigenvalue weighted by Crippen LogP contribution is 2.33. The van der Waals surface area contributed by atoms with Crippen molar-refractivity contribution in [2.24, 2.45) is 0 Å². The van der Waals surface area contributed by atoms with Gasteiger partial charge in [0.2, 0.25) is 11.8 Å². The number of aromatic nitrogens is 3. The van der Waals surface area contributed by atoms with Crippen molar-refractivity contribution >= 4 is 46.3 Å². The van der Waals surface area contributed by atoms with Crippen molar-refractivity contribution in [3.05, 3.63) is 89.9 Å². The first-order chi connectivity index (χ1) is 22.5. The van der Waals surface area contributed by atoms with Crippen LogP contribution in [0.4, 0.5) is 16.3 Å². The van der Waals surface area contributed by atoms with Gasteiger partial charge in [0.05, 0.1) is 11.0 Å². The third-order valence-corrected chi connectivity index (χ3v) is 8.14. The van der Waals surface area contributed by atoms with E-state index in [0.717, 1.165) is 16.8 Å². The molecule has 13 nitrogen and oxygen atoms in total. The van der Waals surface area contributed by atoms with Crippen LogP contribution in [0.5, 0.6) is 11.5 Å². The summed E-state index contributed by atoms with van der Waals surface area (Å²) in [5.74, 6) is 1.12. The highest BCUT2D eigenvalue weighted by atomic mass is 16.5. The second kappa shape index (κ2) is 11.4. The molecule has 4 heterocycles. The van der Waals surface area contributed by atoms with Gasteiger partial charge in [-0.15, -0.1) is 0 Å². The van der Waals surface area contributed by atoms with Crippen molar-refractivity contribution in [3.8, 4) is 17.2 Å². The van der Waals surface area contributed by atoms with Crippen molar-refractivity contribution in [3.63, 3.8) is 0 Å². The van der Waals surface area contributed by atoms with Gasteiger partial charge >= 0.3 is 6.03 Å². The number of imide groups is 1. The van der Waals surface area contributed by atoms with Gasteiger partial charge in [-0.1, -0.05) is 25.9 Å². The fourth-order valence-corrected chi connectivity index (χ4v) is 5.68. The molecular formula is C34H31N7O6. The van der Waals surface area contributed by atoms with Crippen LogP contribution in [0.15, 0.2) is 77.6 Å². The van der Waals surface area contributed by atoms with E-state index < -0.39 is 18.0 Å². The minimum Gasteiger partial charge on any atom is -0.457 e. The van der Waals surface area contributed by atoms with Crippen LogP contribution in [0.25, 0.3) is 16.7 Å². The highest BCUT2D eigenvalue weighted by Gasteiger charge is 2.39. The van der Waals surface area contributed by atoms with E-state index in [1.807, 2.05) is 55.7 Å². The minimum atomic E-state index is -0.672. The van der Waals surface area contributed by atoms with Crippen LogP contribution in [-0.4, -0.2) is 49.4 Å². The number of imidazole rings is 1. The Morgan fingerprint density at radius 2 is 1.74 bits per heavy atom. The van der Waals surface area contributed by atoms with E-state index in [9.17, 15) is 19.2 Å². The second-order valence-corrected chi connectivity index (χ2v) is 12.5. The summed E-state index contributed by atoms with van der Waals surface area (Å²) in [6.07, 6.45) is 2.22. The predicted octanol–water partition coefficient (Wildman–Crippen LogP) is 5.51. The summed E-state index contributed by atoms with van der Waals surface area (Å²) in [6.45, 7) is 6.26. The lowest BCUT2D eigenvalue weighted by Gasteiger charge is -2.29. The number of carbonyl (C=O) groups excluding carboxylic acids is 4. The smallest absolute Gasteiger partial charge is 0.324 e. The number of hydrogen-bond donors (Lipinski definition) is 3. The molecule has 0 spiro atoms. The summed E-state index contributed by atoms with van der Waals surface area (Å²) in [6, 6.07) is 18.7. The van der Waals surface area contributed by atoms with E-state index in [1.165, 1.54) is 4.90 Å². The van der Waals surface area contributed by atoms with Gasteiger partial charge in [0.15, 0.2) is 5.82 Å². The Morgan fingerprint density at radius 1 is 0.979 bits per heavy atom. The number of rotatable bonds is 6. The molecule has 5 aromatic rings. The Hall–Kier alpha value is -5.98. The summed E-state index contributed by atoms with van der Waals surface area (Å²) in [5.41, 5.74) is 4.07. The minimum absolute atomic E-state index is 0.203. The fraction of sp³-hybridized carbons (Fsp3) is 0.235. The maximum Gasteiger partial charge on any atom is 0.324 e. The topological polar surface area (TPSA) is 161 Å². The van der Waals surface area contributed by atoms with E-state index in [1.54, 1.807) is 42.7 Å². The molecule has 1 saturated heterocycles. The molecule has 1 unspecified atom stereocenters. The number of urea groups is 1. The van der Waals surface area contributed by atoms with Gasteiger partial charge in [0.1, 0.15) is 29.6 Å². The van der Waals surface area contributed by atoms with Crippen LogP contribution in [0.2, 0.25) is 0 Å². The number of hydrogen-bond acceptors (Lipinski definition) is 8. The lowest BCUT2D eigenvalue weighted by molar-refractivity contribution is -0.136. The number of anilines is 2. The monoisotopic (exact) mass is 633 g/mol. The average molecular weight is 634 g/mol. The number of piperidine rings is 1. The normalized spacial score (nSPS) is 16.3. The molecule has 3 aromatic carbocycles. The summed E-state index contributed by atoms with van der Waals surface area (Å²) >= 11 is 0. The Bertz CT molecular complexity index is 2060. The van der Waals surface area contributed by atoms with E-state index in [-0.39, 0.29) is 30.2 Å². The molecule has 0 saturated carbocycles. The predicted molar refractivity (Wildman–Crippen MR) is 171 cm³/mol. The number of fused-ring (bicyclic) bond motifs is 2. The Labute approximate surface area is 268 Å². The number of nitrogens with one attached hydrogen (secondary N) is 3. The third-order valence-electron chi connectivity index (χ3n) is 8.14. The molecule has 1 fully saturated rings. The van der Waals surface area contributed by atoms with Crippen LogP contribution >= 0.6 is 0 Å². The summed E-state index contributed by atoms with van der Waals surface area (Å²) in [5, 5.41) is 11.7. The summed E-state index contributed by atoms with van der Waals surface area (Å²) in [4.78, 5) is 55.4. The van der Waals surface area contributed by atoms with Gasteiger partial charge in [-0.05, 0) is 66.6 Å². The quantitative estimate of drug-likeness (QED) is 0.206. The standard InChI is InChI=1S/C34H31N7O6/c1-34(2,3)28-16-29(39-47-28)37-33(45)36-20-4-6-21(7-5-20)41-18-35-25-15-23(9-11-26(25)41)46-22-8-10-24-19(14-22)17-40(32(24)44)27-12-13-30(42)38-31(27)43/h4-11,14-16,18,27H,12-13,17H2,1-3H3,(H,38,42,43)(H2,36,37,39,45). The SMILES string of the molecule is CC(C)(C)c1cc(NC(=O)Nc2ccc(-n3cnc4cc(Oc5ccc6c(c5)CN(C5CCC(=O)NC5=O)C6=O)ccc43)cc2)no1. The van der Waals surface area contributed by atoms with E-state index in [4.69, 9.17) is 9.26 Å². The largest absolute Gasteiger partial charge is 0.457 e. The molecule has 0 radical (unpaired) electrons. The molecule has 47 heavy (non-hydrogen) atoms. The van der Waals surface area contributed by atoms with E-state index in [2.05, 4.69) is 26.1 Å². The molecule has 3 N–H and O–H groups in total. The van der Waals surface area contributed by atoms with Gasteiger partial charge < -0.3 is 19.5 Å². The first-order valence-electron chi connectivity index (χ1n) is 15.1. The first kappa shape index (κ1) is 29.7. The fourth-order valence-electron chi connectivity index (χ4n) is 5.68. The van der Waals surface area contributed by atoms with E-state index in [0.29, 0.717) is 46.3 Å². The zero-order valence-electron chi connectivity index (χ0n) is 25.9. The van der Waals surface area contributed by atoms with Crippen molar-refractivity contribution in [1.29, 1.82) is 0 Å². The van der Waals surface area contributed by atoms with Crippen LogP contribution in [0, 0.1) is 0 Å². The zero-order valence-corrected chi connectivity index (χ0v) is 25.9. The van der Waals surface area contributed by atoms with Crippen LogP contribution in [0.1, 0.15) is 55.3 Å². The van der Waals surface area contributed by atoms with Crippen LogP contribution in [0.3, 0.4) is 0 Å². The first-order valence-corrected chi connectivity index (χ1v) is 15.1. The van der Waals surface area contributed by atoms with Gasteiger partial charge in [-0.3, -0.25) is 29.6 Å². The number of amides is 5.